The number of benzene rings is 2. The summed E-state index contributed by atoms with van der Waals surface area (Å²) in [6, 6.07) is 16.0. The van der Waals surface area contributed by atoms with Crippen molar-refractivity contribution in [3.63, 3.8) is 0 Å². The molecule has 5 N–H and O–H groups in total. The fraction of sp³-hybridized carbons (Fsp3) is 0.211. The van der Waals surface area contributed by atoms with Crippen molar-refractivity contribution in [2.24, 2.45) is 5.73 Å². The van der Waals surface area contributed by atoms with Crippen molar-refractivity contribution in [2.75, 3.05) is 18.5 Å². The normalized spacial score (nSPS) is 26.3. The number of nitrogens with zero attached hydrogens (tertiary/aromatic N) is 2. The Morgan fingerprint density at radius 1 is 1.19 bits per heavy atom. The van der Waals surface area contributed by atoms with Gasteiger partial charge in [0.25, 0.3) is 0 Å². The average Bonchev–Trinajstić information content (AvgIpc) is 3.17. The van der Waals surface area contributed by atoms with Gasteiger partial charge in [0.05, 0.1) is 17.8 Å². The monoisotopic (exact) mass is 348 g/mol. The van der Waals surface area contributed by atoms with Gasteiger partial charge in [-0.1, -0.05) is 30.3 Å². The van der Waals surface area contributed by atoms with E-state index in [9.17, 15) is 4.79 Å². The molecule has 2 aromatic carbocycles. The lowest BCUT2D eigenvalue weighted by Crippen LogP contribution is -2.99. The first-order valence-electron chi connectivity index (χ1n) is 8.66. The van der Waals surface area contributed by atoms with E-state index in [0.717, 1.165) is 29.9 Å². The summed E-state index contributed by atoms with van der Waals surface area (Å²) in [4.78, 5) is 18.0. The molecule has 0 saturated heterocycles. The molecule has 0 fully saturated rings. The van der Waals surface area contributed by atoms with Crippen LogP contribution in [0, 0.1) is 0 Å². The number of para-hydroxylation sites is 2. The van der Waals surface area contributed by atoms with Crippen molar-refractivity contribution in [2.45, 2.75) is 12.1 Å². The van der Waals surface area contributed by atoms with Gasteiger partial charge < -0.3 is 4.90 Å². The highest BCUT2D eigenvalue weighted by atomic mass is 16.2. The molecule has 3 aliphatic rings. The number of amides is 1. The smallest absolute Gasteiger partial charge is 0.308 e. The maximum atomic E-state index is 13.2. The van der Waals surface area contributed by atoms with Gasteiger partial charge in [0.2, 0.25) is 0 Å². The Hall–Kier alpha value is -3.35. The van der Waals surface area contributed by atoms with E-state index >= 15 is 0 Å². The van der Waals surface area contributed by atoms with E-state index < -0.39 is 5.66 Å². The molecule has 5 rings (SSSR count). The quantitative estimate of drug-likeness (QED) is 0.444. The van der Waals surface area contributed by atoms with Crippen LogP contribution in [0.2, 0.25) is 0 Å². The van der Waals surface area contributed by atoms with E-state index in [-0.39, 0.29) is 5.91 Å². The van der Waals surface area contributed by atoms with Gasteiger partial charge in [0.15, 0.2) is 0 Å². The fourth-order valence-corrected chi connectivity index (χ4v) is 4.11. The molecular weight excluding hydrogens is 328 g/mol. The molecule has 0 bridgehead atoms. The van der Waals surface area contributed by atoms with Gasteiger partial charge in [-0.3, -0.25) is 10.5 Å². The standard InChI is InChI=1S/C19H18N6O/c1-24-15-9-5-3-7-13(15)19(16(24)26)22-17(20)21-18(23-19)25-11-10-12-6-2-4-8-14(12)25/h2-9H,10-11H2,1H3,(H3,20,21,22,23)/p+2/t19-/m0/s1. The predicted octanol–water partition coefficient (Wildman–Crippen LogP) is -1.34. The molecule has 0 unspecified atom stereocenters. The number of anilines is 1. The van der Waals surface area contributed by atoms with Crippen molar-refractivity contribution >= 4 is 29.2 Å². The molecule has 7 nitrogen and oxygen atoms in total. The summed E-state index contributed by atoms with van der Waals surface area (Å²) < 4.78 is 2.14. The SMILES string of the molecule is CN1C(=O)[C@@]2(NC(=[N+]3CCc4ccccc43)NC(N)=[NH+]2)c2ccccc21. The second-order valence-corrected chi connectivity index (χ2v) is 6.80. The second kappa shape index (κ2) is 5.08. The summed E-state index contributed by atoms with van der Waals surface area (Å²) in [6.45, 7) is 0.823. The molecule has 1 amide bonds. The van der Waals surface area contributed by atoms with Gasteiger partial charge in [0, 0.05) is 13.5 Å². The summed E-state index contributed by atoms with van der Waals surface area (Å²) in [5.74, 6) is 0.972. The van der Waals surface area contributed by atoms with Crippen LogP contribution in [0.25, 0.3) is 0 Å². The number of nitrogens with one attached hydrogen (secondary N) is 3. The zero-order valence-corrected chi connectivity index (χ0v) is 14.4. The molecule has 0 aromatic heterocycles. The van der Waals surface area contributed by atoms with Crippen molar-refractivity contribution in [1.82, 2.24) is 10.6 Å². The highest BCUT2D eigenvalue weighted by Crippen LogP contribution is 2.35. The van der Waals surface area contributed by atoms with Crippen LogP contribution in [0.5, 0.6) is 0 Å². The Morgan fingerprint density at radius 2 is 1.96 bits per heavy atom. The van der Waals surface area contributed by atoms with Gasteiger partial charge >= 0.3 is 23.5 Å². The highest BCUT2D eigenvalue weighted by Gasteiger charge is 2.57. The largest absolute Gasteiger partial charge is 0.364 e. The molecule has 0 saturated carbocycles. The van der Waals surface area contributed by atoms with Crippen LogP contribution in [0.4, 0.5) is 11.4 Å². The molecule has 1 spiro atoms. The predicted molar refractivity (Wildman–Crippen MR) is 97.9 cm³/mol. The zero-order valence-electron chi connectivity index (χ0n) is 14.4. The Morgan fingerprint density at radius 3 is 2.85 bits per heavy atom. The van der Waals surface area contributed by atoms with Gasteiger partial charge in [-0.05, 0) is 23.8 Å². The molecule has 2 aromatic rings. The number of likely N-dealkylation sites (N-methyl/N-ethyl adjacent to an activating group) is 1. The van der Waals surface area contributed by atoms with Crippen LogP contribution in [0.1, 0.15) is 11.1 Å². The molecule has 1 atom stereocenters. The summed E-state index contributed by atoms with van der Waals surface area (Å²) in [5, 5.41) is 6.57. The third-order valence-electron chi connectivity index (χ3n) is 5.33. The number of guanidine groups is 2. The first-order valence-corrected chi connectivity index (χ1v) is 8.66. The Kier molecular flexibility index (Phi) is 2.92. The van der Waals surface area contributed by atoms with E-state index in [4.69, 9.17) is 5.73 Å². The first-order chi connectivity index (χ1) is 12.6. The minimum atomic E-state index is -1.10. The van der Waals surface area contributed by atoms with Crippen LogP contribution < -0.4 is 26.3 Å². The van der Waals surface area contributed by atoms with Crippen LogP contribution >= 0.6 is 0 Å². The molecule has 3 heterocycles. The Bertz CT molecular complexity index is 1010. The molecule has 26 heavy (non-hydrogen) atoms. The fourth-order valence-electron chi connectivity index (χ4n) is 4.11. The minimum absolute atomic E-state index is 0.0897. The minimum Gasteiger partial charge on any atom is -0.308 e. The number of carbonyl (C=O) groups is 1. The van der Waals surface area contributed by atoms with E-state index in [2.05, 4.69) is 32.3 Å². The number of fused-ring (bicyclic) bond motifs is 3. The van der Waals surface area contributed by atoms with E-state index in [1.165, 1.54) is 5.56 Å². The summed E-state index contributed by atoms with van der Waals surface area (Å²) >= 11 is 0. The number of nitrogens with two attached hydrogens (primary N) is 1. The maximum Gasteiger partial charge on any atom is 0.364 e. The van der Waals surface area contributed by atoms with Crippen LogP contribution in [0.3, 0.4) is 0 Å². The van der Waals surface area contributed by atoms with Crippen molar-refractivity contribution in [3.05, 3.63) is 59.7 Å². The average molecular weight is 348 g/mol. The molecule has 0 aliphatic carbocycles. The lowest BCUT2D eigenvalue weighted by Gasteiger charge is -2.26. The Labute approximate surface area is 150 Å². The van der Waals surface area contributed by atoms with Crippen LogP contribution in [0.15, 0.2) is 48.5 Å². The molecule has 7 heteroatoms. The topological polar surface area (TPSA) is 87.4 Å². The highest BCUT2D eigenvalue weighted by molar-refractivity contribution is 6.09. The second-order valence-electron chi connectivity index (χ2n) is 6.80. The molecular formula is C19H20N6O+2. The van der Waals surface area contributed by atoms with Crippen molar-refractivity contribution in [3.8, 4) is 0 Å². The summed E-state index contributed by atoms with van der Waals surface area (Å²) in [5.41, 5.74) is 9.20. The van der Waals surface area contributed by atoms with E-state index in [1.807, 2.05) is 36.4 Å². The van der Waals surface area contributed by atoms with Crippen LogP contribution in [-0.2, 0) is 16.9 Å². The van der Waals surface area contributed by atoms with Crippen molar-refractivity contribution < 1.29 is 14.4 Å². The lowest BCUT2D eigenvalue weighted by atomic mass is 10.0. The third-order valence-corrected chi connectivity index (χ3v) is 5.33. The first kappa shape index (κ1) is 14.9. The van der Waals surface area contributed by atoms with Gasteiger partial charge in [-0.15, -0.1) is 0 Å². The number of rotatable bonds is 0. The molecule has 0 radical (unpaired) electrons. The maximum absolute atomic E-state index is 13.2. The zero-order chi connectivity index (χ0) is 17.9. The van der Waals surface area contributed by atoms with Gasteiger partial charge in [-0.25, -0.2) is 14.9 Å². The van der Waals surface area contributed by atoms with E-state index in [1.54, 1.807) is 11.9 Å². The lowest BCUT2D eigenvalue weighted by molar-refractivity contribution is -0.558. The summed E-state index contributed by atoms with van der Waals surface area (Å²) in [7, 11) is 1.78. The molecule has 3 aliphatic heterocycles. The number of carbonyl (C=O) groups excluding carboxylic acids is 1. The van der Waals surface area contributed by atoms with Gasteiger partial charge in [0.1, 0.15) is 5.69 Å². The number of hydrogen-bond donors (Lipinski definition) is 4. The van der Waals surface area contributed by atoms with E-state index in [0.29, 0.717) is 11.9 Å². The summed E-state index contributed by atoms with van der Waals surface area (Å²) in [6.07, 6.45) is 0.952. The van der Waals surface area contributed by atoms with Crippen LogP contribution in [-0.4, -0.2) is 36.0 Å². The van der Waals surface area contributed by atoms with Crippen molar-refractivity contribution in [1.29, 1.82) is 0 Å². The van der Waals surface area contributed by atoms with Gasteiger partial charge in [-0.2, -0.15) is 5.32 Å². The third kappa shape index (κ3) is 1.85. The molecule has 130 valence electrons. The Balaban J connectivity index is 1.69. The number of hydrogen-bond acceptors (Lipinski definition) is 2.